The topological polar surface area (TPSA) is 192 Å². The van der Waals surface area contributed by atoms with E-state index < -0.39 is 48.6 Å². The molecule has 5 atom stereocenters. The fourth-order valence-electron chi connectivity index (χ4n) is 3.37. The number of ether oxygens (including phenoxy) is 2. The second kappa shape index (κ2) is 8.78. The number of hydrogen-bond donors (Lipinski definition) is 7. The van der Waals surface area contributed by atoms with Gasteiger partial charge in [0.1, 0.15) is 16.9 Å². The summed E-state index contributed by atoms with van der Waals surface area (Å²) >= 11 is 1.09. The number of thiophene rings is 1. The van der Waals surface area contributed by atoms with Crippen molar-refractivity contribution in [3.8, 4) is 16.2 Å². The van der Waals surface area contributed by atoms with Crippen LogP contribution in [0.25, 0.3) is 10.4 Å². The van der Waals surface area contributed by atoms with Crippen molar-refractivity contribution in [1.82, 2.24) is 0 Å². The number of rotatable bonds is 7. The molecule has 5 unspecified atom stereocenters. The number of benzene rings is 1. The van der Waals surface area contributed by atoms with Crippen molar-refractivity contribution in [2.45, 2.75) is 24.1 Å². The van der Waals surface area contributed by atoms with Crippen molar-refractivity contribution >= 4 is 28.3 Å². The Kier molecular flexibility index (Phi) is 6.50. The number of esters is 1. The fraction of sp³-hybridized carbons (Fsp3) is 0.368. The average Bonchev–Trinajstić information content (AvgIpc) is 3.16. The first-order valence-electron chi connectivity index (χ1n) is 9.06. The van der Waals surface area contributed by atoms with Gasteiger partial charge in [0.25, 0.3) is 0 Å². The lowest BCUT2D eigenvalue weighted by Gasteiger charge is -2.53. The quantitative estimate of drug-likeness (QED) is 0.213. The van der Waals surface area contributed by atoms with Crippen LogP contribution in [-0.2, 0) is 4.74 Å². The van der Waals surface area contributed by atoms with Crippen LogP contribution in [0.4, 0.5) is 9.80 Å². The van der Waals surface area contributed by atoms with Gasteiger partial charge in [-0.3, -0.25) is 5.32 Å². The number of nitrogens with two attached hydrogens (primary N) is 1. The molecule has 1 fully saturated rings. The number of amides is 2. The molecule has 0 radical (unpaired) electrons. The van der Waals surface area contributed by atoms with Crippen LogP contribution in [0.1, 0.15) is 10.4 Å². The Hall–Kier alpha value is -2.74. The van der Waals surface area contributed by atoms with E-state index in [2.05, 4.69) is 5.32 Å². The van der Waals surface area contributed by atoms with Crippen molar-refractivity contribution in [3.63, 3.8) is 0 Å². The van der Waals surface area contributed by atoms with E-state index in [0.717, 1.165) is 11.3 Å². The Morgan fingerprint density at radius 2 is 1.94 bits per heavy atom. The lowest BCUT2D eigenvalue weighted by Crippen LogP contribution is -2.76. The van der Waals surface area contributed by atoms with Crippen LogP contribution in [0.15, 0.2) is 30.3 Å². The number of carbonyl (C=O) groups is 2. The van der Waals surface area contributed by atoms with E-state index in [4.69, 9.17) is 15.2 Å². The van der Waals surface area contributed by atoms with E-state index in [9.17, 15) is 35.1 Å². The smallest absolute Gasteiger partial charge is 0.340 e. The molecule has 2 amide bonds. The Labute approximate surface area is 180 Å². The van der Waals surface area contributed by atoms with Gasteiger partial charge < -0.3 is 40.7 Å². The molecule has 0 aliphatic heterocycles. The SMILES string of the molecule is COC(=O)c1cc(-c2ccc(OC(O)C3(O)C(O)C(O)C3CO)cc2)sc1NC(N)=O. The van der Waals surface area contributed by atoms with Gasteiger partial charge in [0.2, 0.25) is 6.29 Å². The minimum absolute atomic E-state index is 0.131. The number of nitrogens with one attached hydrogen (secondary N) is 1. The molecule has 2 aromatic rings. The summed E-state index contributed by atoms with van der Waals surface area (Å²) in [5.41, 5.74) is 3.67. The van der Waals surface area contributed by atoms with E-state index in [1.807, 2.05) is 0 Å². The first-order chi connectivity index (χ1) is 14.6. The van der Waals surface area contributed by atoms with E-state index in [0.29, 0.717) is 10.4 Å². The second-order valence-corrected chi connectivity index (χ2v) is 7.99. The summed E-state index contributed by atoms with van der Waals surface area (Å²) in [6, 6.07) is 6.82. The maximum atomic E-state index is 11.9. The van der Waals surface area contributed by atoms with E-state index >= 15 is 0 Å². The number of anilines is 1. The first kappa shape index (κ1) is 22.9. The number of primary amides is 1. The van der Waals surface area contributed by atoms with Crippen LogP contribution in [0, 0.1) is 5.92 Å². The molecule has 0 saturated heterocycles. The van der Waals surface area contributed by atoms with Gasteiger partial charge in [-0.05, 0) is 35.9 Å². The van der Waals surface area contributed by atoms with E-state index in [-0.39, 0.29) is 16.3 Å². The monoisotopic (exact) mass is 454 g/mol. The molecule has 1 aromatic carbocycles. The lowest BCUT2D eigenvalue weighted by molar-refractivity contribution is -0.332. The van der Waals surface area contributed by atoms with Gasteiger partial charge in [-0.2, -0.15) is 0 Å². The largest absolute Gasteiger partial charge is 0.465 e. The first-order valence-corrected chi connectivity index (χ1v) is 9.88. The summed E-state index contributed by atoms with van der Waals surface area (Å²) in [6.07, 6.45) is -4.98. The van der Waals surface area contributed by atoms with Gasteiger partial charge in [-0.1, -0.05) is 0 Å². The number of carbonyl (C=O) groups excluding carboxylic acids is 2. The minimum atomic E-state index is -2.23. The highest BCUT2D eigenvalue weighted by Gasteiger charge is 2.65. The molecular weight excluding hydrogens is 432 g/mol. The molecule has 1 aliphatic rings. The molecule has 1 aliphatic carbocycles. The molecular formula is C19H22N2O9S. The van der Waals surface area contributed by atoms with Gasteiger partial charge in [-0.15, -0.1) is 11.3 Å². The van der Waals surface area contributed by atoms with Gasteiger partial charge in [0.15, 0.2) is 5.60 Å². The Bertz CT molecular complexity index is 964. The van der Waals surface area contributed by atoms with Gasteiger partial charge in [-0.25, -0.2) is 9.59 Å². The number of methoxy groups -OCH3 is 1. The predicted molar refractivity (Wildman–Crippen MR) is 108 cm³/mol. The highest BCUT2D eigenvalue weighted by molar-refractivity contribution is 7.20. The van der Waals surface area contributed by atoms with E-state index in [1.54, 1.807) is 12.1 Å². The van der Waals surface area contributed by atoms with Crippen molar-refractivity contribution in [2.75, 3.05) is 19.0 Å². The third kappa shape index (κ3) is 4.08. The summed E-state index contributed by atoms with van der Waals surface area (Å²) in [7, 11) is 1.21. The highest BCUT2D eigenvalue weighted by Crippen LogP contribution is 2.42. The Morgan fingerprint density at radius 1 is 1.29 bits per heavy atom. The van der Waals surface area contributed by atoms with E-state index in [1.165, 1.54) is 25.3 Å². The average molecular weight is 454 g/mol. The molecule has 11 nitrogen and oxygen atoms in total. The van der Waals surface area contributed by atoms with Gasteiger partial charge >= 0.3 is 12.0 Å². The second-order valence-electron chi connectivity index (χ2n) is 6.94. The minimum Gasteiger partial charge on any atom is -0.465 e. The maximum absolute atomic E-state index is 11.9. The number of aliphatic hydroxyl groups is 5. The summed E-state index contributed by atoms with van der Waals surface area (Å²) in [5, 5.41) is 51.9. The summed E-state index contributed by atoms with van der Waals surface area (Å²) in [4.78, 5) is 23.7. The maximum Gasteiger partial charge on any atom is 0.340 e. The lowest BCUT2D eigenvalue weighted by atomic mass is 9.64. The van der Waals surface area contributed by atoms with Crippen LogP contribution in [0.5, 0.6) is 5.75 Å². The molecule has 168 valence electrons. The highest BCUT2D eigenvalue weighted by atomic mass is 32.1. The normalized spacial score (nSPS) is 25.9. The van der Waals surface area contributed by atoms with Crippen molar-refractivity contribution in [2.24, 2.45) is 11.7 Å². The van der Waals surface area contributed by atoms with Crippen molar-refractivity contribution in [3.05, 3.63) is 35.9 Å². The third-order valence-electron chi connectivity index (χ3n) is 5.16. The van der Waals surface area contributed by atoms with Crippen LogP contribution < -0.4 is 15.8 Å². The van der Waals surface area contributed by atoms with Crippen LogP contribution in [-0.4, -0.2) is 75.3 Å². The Balaban J connectivity index is 1.78. The van der Waals surface area contributed by atoms with Gasteiger partial charge in [0.05, 0.1) is 25.4 Å². The zero-order valence-corrected chi connectivity index (χ0v) is 17.1. The Morgan fingerprint density at radius 3 is 2.48 bits per heavy atom. The fourth-order valence-corrected chi connectivity index (χ4v) is 4.43. The summed E-state index contributed by atoms with van der Waals surface area (Å²) in [5.74, 6) is -1.69. The molecule has 0 bridgehead atoms. The summed E-state index contributed by atoms with van der Waals surface area (Å²) in [6.45, 7) is -0.656. The van der Waals surface area contributed by atoms with Crippen molar-refractivity contribution < 1.29 is 44.6 Å². The number of hydrogen-bond acceptors (Lipinski definition) is 10. The van der Waals surface area contributed by atoms with Crippen LogP contribution in [0.3, 0.4) is 0 Å². The molecule has 12 heteroatoms. The molecule has 1 aromatic heterocycles. The number of urea groups is 1. The molecule has 3 rings (SSSR count). The van der Waals surface area contributed by atoms with Crippen LogP contribution >= 0.6 is 11.3 Å². The molecule has 1 saturated carbocycles. The van der Waals surface area contributed by atoms with Crippen molar-refractivity contribution in [1.29, 1.82) is 0 Å². The predicted octanol–water partition coefficient (Wildman–Crippen LogP) is -0.536. The van der Waals surface area contributed by atoms with Gasteiger partial charge in [0, 0.05) is 10.8 Å². The molecule has 0 spiro atoms. The molecule has 31 heavy (non-hydrogen) atoms. The molecule has 1 heterocycles. The zero-order valence-electron chi connectivity index (χ0n) is 16.3. The molecule has 8 N–H and O–H groups in total. The standard InChI is InChI=1S/C19H22N2O9S/c1-29-16(25)10-6-12(31-15(10)21-18(20)27)8-2-4-9(5-3-8)30-17(26)19(28)11(7-22)13(23)14(19)24/h2-6,11,13-14,17,22-24,26,28H,7H2,1H3,(H3,20,21,27). The zero-order chi connectivity index (χ0) is 22.9. The third-order valence-corrected chi connectivity index (χ3v) is 6.26. The van der Waals surface area contributed by atoms with Crippen LogP contribution in [0.2, 0.25) is 0 Å². The number of aliphatic hydroxyl groups excluding tert-OH is 4. The summed E-state index contributed by atoms with van der Waals surface area (Å²) < 4.78 is 9.98.